The average molecular weight is 497 g/mol. The summed E-state index contributed by atoms with van der Waals surface area (Å²) >= 11 is 0. The predicted octanol–water partition coefficient (Wildman–Crippen LogP) is 3.90. The van der Waals surface area contributed by atoms with E-state index in [1.54, 1.807) is 12.1 Å². The molecule has 0 spiro atoms. The van der Waals surface area contributed by atoms with Gasteiger partial charge in [-0.25, -0.2) is 8.42 Å². The fourth-order valence-electron chi connectivity index (χ4n) is 7.42. The Kier molecular flexibility index (Phi) is 4.87. The third-order valence-corrected chi connectivity index (χ3v) is 11.5. The number of hydrogen-bond donors (Lipinski definition) is 1. The summed E-state index contributed by atoms with van der Waals surface area (Å²) in [5, 5.41) is 3.20. The van der Waals surface area contributed by atoms with E-state index in [-0.39, 0.29) is 22.3 Å². The van der Waals surface area contributed by atoms with Crippen LogP contribution in [0, 0.1) is 16.7 Å². The standard InChI is InChI=1S/C27H32N2O5S/c1-18(19-7-5-4-6-8-19)28-24(30)27-16-20-11-12-26(27,3)25(20,2)17-29(27)35(31,32)21-9-10-22-23(15-21)34-14-13-33-22/h4-10,15,18,20H,11-14,16-17H2,1-3H3,(H,28,30)/t18-,20-,25+,26+,27+/m1/s1. The summed E-state index contributed by atoms with van der Waals surface area (Å²) in [6, 6.07) is 14.3. The summed E-state index contributed by atoms with van der Waals surface area (Å²) < 4.78 is 41.1. The minimum atomic E-state index is -3.97. The Bertz CT molecular complexity index is 1300. The lowest BCUT2D eigenvalue weighted by Crippen LogP contribution is -2.64. The monoisotopic (exact) mass is 496 g/mol. The Balaban J connectivity index is 1.41. The molecule has 0 radical (unpaired) electrons. The molecule has 7 nitrogen and oxygen atoms in total. The molecule has 2 heterocycles. The molecule has 35 heavy (non-hydrogen) atoms. The molecule has 2 aromatic rings. The van der Waals surface area contributed by atoms with Gasteiger partial charge in [-0.2, -0.15) is 4.31 Å². The van der Waals surface area contributed by atoms with Gasteiger partial charge in [0.05, 0.1) is 10.9 Å². The number of rotatable bonds is 5. The van der Waals surface area contributed by atoms with Gasteiger partial charge in [-0.15, -0.1) is 0 Å². The van der Waals surface area contributed by atoms with E-state index < -0.39 is 21.0 Å². The lowest BCUT2D eigenvalue weighted by molar-refractivity contribution is -0.136. The molecule has 2 saturated carbocycles. The van der Waals surface area contributed by atoms with E-state index >= 15 is 0 Å². The molecule has 3 fully saturated rings. The van der Waals surface area contributed by atoms with Gasteiger partial charge >= 0.3 is 0 Å². The second-order valence-electron chi connectivity index (χ2n) is 11.0. The quantitative estimate of drug-likeness (QED) is 0.679. The SMILES string of the molecule is C[C@@H](NC(=O)[C@@]12C[C@H]3CC[C@@]1(C)[C@@]3(C)CN2S(=O)(=O)c1ccc2c(c1)OCCO2)c1ccccc1. The zero-order chi connectivity index (χ0) is 24.6. The molecular weight excluding hydrogens is 464 g/mol. The van der Waals surface area contributed by atoms with Crippen molar-refractivity contribution in [2.24, 2.45) is 16.7 Å². The summed E-state index contributed by atoms with van der Waals surface area (Å²) in [7, 11) is -3.97. The molecule has 0 aromatic heterocycles. The summed E-state index contributed by atoms with van der Waals surface area (Å²) in [6.07, 6.45) is 2.43. The number of benzene rings is 2. The van der Waals surface area contributed by atoms with E-state index in [0.717, 1.165) is 18.4 Å². The fraction of sp³-hybridized carbons (Fsp3) is 0.519. The largest absolute Gasteiger partial charge is 0.486 e. The number of ether oxygens (including phenoxy) is 2. The molecular formula is C27H32N2O5S. The first-order chi connectivity index (χ1) is 16.6. The van der Waals surface area contributed by atoms with Crippen LogP contribution in [0.3, 0.4) is 0 Å². The third-order valence-electron chi connectivity index (χ3n) is 9.63. The predicted molar refractivity (Wildman–Crippen MR) is 131 cm³/mol. The molecule has 2 aliphatic carbocycles. The molecule has 2 aromatic carbocycles. The van der Waals surface area contributed by atoms with Crippen LogP contribution in [0.15, 0.2) is 53.4 Å². The Morgan fingerprint density at radius 3 is 2.51 bits per heavy atom. The zero-order valence-corrected chi connectivity index (χ0v) is 21.2. The highest BCUT2D eigenvalue weighted by Gasteiger charge is 2.81. The van der Waals surface area contributed by atoms with Crippen molar-refractivity contribution in [3.05, 3.63) is 54.1 Å². The van der Waals surface area contributed by atoms with Crippen molar-refractivity contribution >= 4 is 15.9 Å². The number of nitrogens with zero attached hydrogens (tertiary/aromatic N) is 1. The van der Waals surface area contributed by atoms with Crippen molar-refractivity contribution in [3.8, 4) is 11.5 Å². The first kappa shape index (κ1) is 22.9. The van der Waals surface area contributed by atoms with Crippen LogP contribution >= 0.6 is 0 Å². The number of amides is 1. The first-order valence-corrected chi connectivity index (χ1v) is 13.9. The molecule has 5 atom stereocenters. The van der Waals surface area contributed by atoms with Gasteiger partial charge in [-0.1, -0.05) is 44.2 Å². The Labute approximate surface area is 206 Å². The molecule has 6 rings (SSSR count). The second kappa shape index (κ2) is 7.46. The van der Waals surface area contributed by atoms with Gasteiger partial charge in [-0.05, 0) is 55.2 Å². The van der Waals surface area contributed by atoms with Crippen LogP contribution < -0.4 is 14.8 Å². The van der Waals surface area contributed by atoms with Gasteiger partial charge in [0.15, 0.2) is 11.5 Å². The number of sulfonamides is 1. The molecule has 4 bridgehead atoms. The molecule has 0 unspecified atom stereocenters. The fourth-order valence-corrected chi connectivity index (χ4v) is 9.38. The number of piperidine rings is 1. The molecule has 1 amide bonds. The van der Waals surface area contributed by atoms with E-state index in [9.17, 15) is 13.2 Å². The molecule has 4 aliphatic rings. The van der Waals surface area contributed by atoms with Crippen LogP contribution in [0.1, 0.15) is 51.6 Å². The lowest BCUT2D eigenvalue weighted by atomic mass is 9.65. The van der Waals surface area contributed by atoms with Crippen molar-refractivity contribution < 1.29 is 22.7 Å². The maximum atomic E-state index is 14.2. The smallest absolute Gasteiger partial charge is 0.244 e. The summed E-state index contributed by atoms with van der Waals surface area (Å²) in [5.41, 5.74) is -0.819. The number of fused-ring (bicyclic) bond motifs is 1. The highest BCUT2D eigenvalue weighted by Crippen LogP contribution is 2.76. The first-order valence-electron chi connectivity index (χ1n) is 12.4. The third kappa shape index (κ3) is 2.87. The molecule has 8 heteroatoms. The van der Waals surface area contributed by atoms with Crippen LogP contribution in [-0.4, -0.2) is 43.9 Å². The van der Waals surface area contributed by atoms with Gasteiger partial charge in [0.25, 0.3) is 0 Å². The van der Waals surface area contributed by atoms with Crippen molar-refractivity contribution in [2.45, 2.75) is 56.5 Å². The molecule has 2 aliphatic heterocycles. The maximum Gasteiger partial charge on any atom is 0.244 e. The number of carbonyl (C=O) groups is 1. The van der Waals surface area contributed by atoms with Gasteiger partial charge in [0.1, 0.15) is 18.8 Å². The van der Waals surface area contributed by atoms with Crippen molar-refractivity contribution in [1.82, 2.24) is 9.62 Å². The minimum absolute atomic E-state index is 0.139. The van der Waals surface area contributed by atoms with E-state index in [1.165, 1.54) is 10.4 Å². The highest BCUT2D eigenvalue weighted by molar-refractivity contribution is 7.89. The topological polar surface area (TPSA) is 84.9 Å². The van der Waals surface area contributed by atoms with E-state index in [0.29, 0.717) is 43.6 Å². The van der Waals surface area contributed by atoms with Crippen LogP contribution in [-0.2, 0) is 14.8 Å². The number of nitrogens with one attached hydrogen (secondary N) is 1. The van der Waals surface area contributed by atoms with Crippen LogP contribution in [0.25, 0.3) is 0 Å². The van der Waals surface area contributed by atoms with Gasteiger partial charge in [0, 0.05) is 18.0 Å². The lowest BCUT2D eigenvalue weighted by Gasteiger charge is -2.46. The van der Waals surface area contributed by atoms with Crippen molar-refractivity contribution in [2.75, 3.05) is 19.8 Å². The van der Waals surface area contributed by atoms with Crippen LogP contribution in [0.5, 0.6) is 11.5 Å². The van der Waals surface area contributed by atoms with Crippen LogP contribution in [0.2, 0.25) is 0 Å². The van der Waals surface area contributed by atoms with Crippen molar-refractivity contribution in [1.29, 1.82) is 0 Å². The average Bonchev–Trinajstić information content (AvgIpc) is 3.33. The van der Waals surface area contributed by atoms with Gasteiger partial charge < -0.3 is 14.8 Å². The minimum Gasteiger partial charge on any atom is -0.486 e. The Morgan fingerprint density at radius 2 is 1.80 bits per heavy atom. The van der Waals surface area contributed by atoms with Crippen LogP contribution in [0.4, 0.5) is 0 Å². The van der Waals surface area contributed by atoms with Crippen molar-refractivity contribution in [3.63, 3.8) is 0 Å². The van der Waals surface area contributed by atoms with E-state index in [4.69, 9.17) is 9.47 Å². The second-order valence-corrected chi connectivity index (χ2v) is 12.8. The molecule has 1 saturated heterocycles. The molecule has 186 valence electrons. The Morgan fingerprint density at radius 1 is 1.09 bits per heavy atom. The summed E-state index contributed by atoms with van der Waals surface area (Å²) in [6.45, 7) is 7.42. The van der Waals surface area contributed by atoms with E-state index in [2.05, 4.69) is 19.2 Å². The maximum absolute atomic E-state index is 14.2. The Hall–Kier alpha value is -2.58. The number of carbonyl (C=O) groups excluding carboxylic acids is 1. The highest BCUT2D eigenvalue weighted by atomic mass is 32.2. The normalized spacial score (nSPS) is 34.1. The number of hydrogen-bond acceptors (Lipinski definition) is 5. The summed E-state index contributed by atoms with van der Waals surface area (Å²) in [5.74, 6) is 1.11. The van der Waals surface area contributed by atoms with Gasteiger partial charge in [-0.3, -0.25) is 4.79 Å². The van der Waals surface area contributed by atoms with E-state index in [1.807, 2.05) is 37.3 Å². The van der Waals surface area contributed by atoms with Gasteiger partial charge in [0.2, 0.25) is 15.9 Å². The molecule has 1 N–H and O–H groups in total. The summed E-state index contributed by atoms with van der Waals surface area (Å²) in [4.78, 5) is 14.3. The zero-order valence-electron chi connectivity index (χ0n) is 20.4.